The van der Waals surface area contributed by atoms with E-state index in [9.17, 15) is 4.79 Å². The second kappa shape index (κ2) is 6.86. The van der Waals surface area contributed by atoms with Crippen molar-refractivity contribution in [1.82, 2.24) is 10.3 Å². The van der Waals surface area contributed by atoms with Crippen LogP contribution in [-0.2, 0) is 0 Å². The number of nitrogens with zero attached hydrogens (tertiary/aromatic N) is 1. The first-order chi connectivity index (χ1) is 7.59. The number of nitrogens with one attached hydrogen (secondary N) is 1. The smallest absolute Gasteiger partial charge is 0.269 e. The van der Waals surface area contributed by atoms with Gasteiger partial charge < -0.3 is 5.32 Å². The van der Waals surface area contributed by atoms with Crippen LogP contribution in [0.5, 0.6) is 0 Å². The number of alkyl halides is 1. The molecule has 0 bridgehead atoms. The summed E-state index contributed by atoms with van der Waals surface area (Å²) in [7, 11) is 0. The molecule has 88 valence electrons. The zero-order valence-corrected chi connectivity index (χ0v) is 11.4. The molecule has 0 aliphatic carbocycles. The lowest BCUT2D eigenvalue weighted by molar-refractivity contribution is 0.0948. The number of hydrogen-bond donors (Lipinski definition) is 1. The fraction of sp³-hybridized carbons (Fsp3) is 0.455. The highest BCUT2D eigenvalue weighted by molar-refractivity contribution is 9.10. The third-order valence-electron chi connectivity index (χ3n) is 2.02. The predicted octanol–water partition coefficient (Wildman–Crippen LogP) is 2.98. The molecule has 0 aromatic carbocycles. The SMILES string of the molecule is CC(Cl)CCCNC(=O)c1ccc(Br)cn1. The normalized spacial score (nSPS) is 12.2. The van der Waals surface area contributed by atoms with E-state index in [1.54, 1.807) is 18.3 Å². The van der Waals surface area contributed by atoms with Gasteiger partial charge in [-0.15, -0.1) is 11.6 Å². The number of hydrogen-bond acceptors (Lipinski definition) is 2. The van der Waals surface area contributed by atoms with Crippen LogP contribution in [0, 0.1) is 0 Å². The minimum absolute atomic E-state index is 0.144. The predicted molar refractivity (Wildman–Crippen MR) is 68.8 cm³/mol. The number of carbonyl (C=O) groups excluding carboxylic acids is 1. The standard InChI is InChI=1S/C11H14BrClN2O/c1-8(13)3-2-6-14-11(16)10-5-4-9(12)7-15-10/h4-5,7-8H,2-3,6H2,1H3,(H,14,16). The van der Waals surface area contributed by atoms with Gasteiger partial charge in [0.25, 0.3) is 5.91 Å². The Morgan fingerprint density at radius 1 is 1.62 bits per heavy atom. The topological polar surface area (TPSA) is 42.0 Å². The maximum atomic E-state index is 11.6. The van der Waals surface area contributed by atoms with Gasteiger partial charge in [0.1, 0.15) is 5.69 Å². The van der Waals surface area contributed by atoms with E-state index in [2.05, 4.69) is 26.2 Å². The second-order valence-electron chi connectivity index (χ2n) is 3.54. The van der Waals surface area contributed by atoms with E-state index >= 15 is 0 Å². The summed E-state index contributed by atoms with van der Waals surface area (Å²) in [5.41, 5.74) is 0.433. The van der Waals surface area contributed by atoms with Crippen LogP contribution >= 0.6 is 27.5 Å². The van der Waals surface area contributed by atoms with Crippen molar-refractivity contribution in [3.63, 3.8) is 0 Å². The van der Waals surface area contributed by atoms with Gasteiger partial charge in [-0.25, -0.2) is 4.98 Å². The summed E-state index contributed by atoms with van der Waals surface area (Å²) in [5.74, 6) is -0.144. The highest BCUT2D eigenvalue weighted by atomic mass is 79.9. The van der Waals surface area contributed by atoms with E-state index in [-0.39, 0.29) is 11.3 Å². The molecule has 1 heterocycles. The molecule has 1 rings (SSSR count). The van der Waals surface area contributed by atoms with Gasteiger partial charge in [0.2, 0.25) is 0 Å². The summed E-state index contributed by atoms with van der Waals surface area (Å²) >= 11 is 9.06. The monoisotopic (exact) mass is 304 g/mol. The summed E-state index contributed by atoms with van der Waals surface area (Å²) in [6.07, 6.45) is 3.39. The average molecular weight is 306 g/mol. The Morgan fingerprint density at radius 2 is 2.38 bits per heavy atom. The minimum atomic E-state index is -0.144. The fourth-order valence-corrected chi connectivity index (χ4v) is 1.57. The Hall–Kier alpha value is -0.610. The van der Waals surface area contributed by atoms with Gasteiger partial charge >= 0.3 is 0 Å². The number of carbonyl (C=O) groups is 1. The quantitative estimate of drug-likeness (QED) is 0.671. The molecule has 1 unspecified atom stereocenters. The molecule has 0 radical (unpaired) electrons. The molecule has 16 heavy (non-hydrogen) atoms. The molecule has 1 aromatic heterocycles. The second-order valence-corrected chi connectivity index (χ2v) is 5.20. The molecule has 1 aromatic rings. The van der Waals surface area contributed by atoms with Crippen molar-refractivity contribution in [2.75, 3.05) is 6.54 Å². The van der Waals surface area contributed by atoms with Crippen LogP contribution in [0.4, 0.5) is 0 Å². The Bertz CT molecular complexity index is 340. The van der Waals surface area contributed by atoms with Gasteiger partial charge in [0, 0.05) is 22.6 Å². The summed E-state index contributed by atoms with van der Waals surface area (Å²) in [5, 5.41) is 2.95. The molecule has 0 aliphatic rings. The zero-order valence-electron chi connectivity index (χ0n) is 9.04. The van der Waals surface area contributed by atoms with Crippen LogP contribution in [0.15, 0.2) is 22.8 Å². The van der Waals surface area contributed by atoms with Crippen molar-refractivity contribution in [1.29, 1.82) is 0 Å². The molecule has 1 atom stereocenters. The Labute approximate surface area is 109 Å². The Kier molecular flexibility index (Phi) is 5.77. The maximum absolute atomic E-state index is 11.6. The highest BCUT2D eigenvalue weighted by Gasteiger charge is 2.05. The summed E-state index contributed by atoms with van der Waals surface area (Å²) in [4.78, 5) is 15.6. The molecule has 0 aliphatic heterocycles. The zero-order chi connectivity index (χ0) is 12.0. The van der Waals surface area contributed by atoms with Gasteiger partial charge in [-0.05, 0) is 47.8 Å². The number of halogens is 2. The van der Waals surface area contributed by atoms with Gasteiger partial charge in [0.05, 0.1) is 0 Å². The largest absolute Gasteiger partial charge is 0.351 e. The lowest BCUT2D eigenvalue weighted by Gasteiger charge is -2.05. The fourth-order valence-electron chi connectivity index (χ4n) is 1.19. The van der Waals surface area contributed by atoms with Gasteiger partial charge in [-0.3, -0.25) is 4.79 Å². The van der Waals surface area contributed by atoms with E-state index in [0.717, 1.165) is 17.3 Å². The van der Waals surface area contributed by atoms with E-state index in [0.29, 0.717) is 12.2 Å². The first-order valence-electron chi connectivity index (χ1n) is 5.13. The summed E-state index contributed by atoms with van der Waals surface area (Å²) in [6.45, 7) is 2.58. The number of aromatic nitrogens is 1. The Balaban J connectivity index is 2.32. The molecule has 0 saturated carbocycles. The first kappa shape index (κ1) is 13.5. The lowest BCUT2D eigenvalue weighted by Crippen LogP contribution is -2.25. The Morgan fingerprint density at radius 3 is 2.94 bits per heavy atom. The molecule has 0 fully saturated rings. The van der Waals surface area contributed by atoms with Crippen molar-refractivity contribution >= 4 is 33.4 Å². The minimum Gasteiger partial charge on any atom is -0.351 e. The first-order valence-corrected chi connectivity index (χ1v) is 6.36. The van der Waals surface area contributed by atoms with Crippen molar-refractivity contribution in [3.8, 4) is 0 Å². The number of pyridine rings is 1. The molecular formula is C11H14BrClN2O. The average Bonchev–Trinajstić information content (AvgIpc) is 2.25. The van der Waals surface area contributed by atoms with Gasteiger partial charge in [-0.2, -0.15) is 0 Å². The van der Waals surface area contributed by atoms with Crippen molar-refractivity contribution in [3.05, 3.63) is 28.5 Å². The number of amides is 1. The third kappa shape index (κ3) is 4.94. The molecule has 1 amide bonds. The summed E-state index contributed by atoms with van der Waals surface area (Å²) < 4.78 is 0.861. The van der Waals surface area contributed by atoms with Crippen molar-refractivity contribution in [2.45, 2.75) is 25.1 Å². The molecule has 0 saturated heterocycles. The van der Waals surface area contributed by atoms with E-state index < -0.39 is 0 Å². The molecular weight excluding hydrogens is 291 g/mol. The van der Waals surface area contributed by atoms with Crippen LogP contribution in [0.3, 0.4) is 0 Å². The van der Waals surface area contributed by atoms with Crippen LogP contribution in [-0.4, -0.2) is 22.8 Å². The molecule has 5 heteroatoms. The third-order valence-corrected chi connectivity index (χ3v) is 2.71. The van der Waals surface area contributed by atoms with Crippen LogP contribution < -0.4 is 5.32 Å². The van der Waals surface area contributed by atoms with E-state index in [4.69, 9.17) is 11.6 Å². The van der Waals surface area contributed by atoms with Crippen molar-refractivity contribution in [2.24, 2.45) is 0 Å². The van der Waals surface area contributed by atoms with Crippen LogP contribution in [0.25, 0.3) is 0 Å². The summed E-state index contributed by atoms with van der Waals surface area (Å²) in [6, 6.07) is 3.48. The maximum Gasteiger partial charge on any atom is 0.269 e. The van der Waals surface area contributed by atoms with Crippen LogP contribution in [0.2, 0.25) is 0 Å². The van der Waals surface area contributed by atoms with E-state index in [1.165, 1.54) is 0 Å². The molecule has 0 spiro atoms. The molecule has 1 N–H and O–H groups in total. The van der Waals surface area contributed by atoms with Crippen molar-refractivity contribution < 1.29 is 4.79 Å². The highest BCUT2D eigenvalue weighted by Crippen LogP contribution is 2.07. The number of rotatable bonds is 5. The van der Waals surface area contributed by atoms with Crippen LogP contribution in [0.1, 0.15) is 30.3 Å². The molecule has 3 nitrogen and oxygen atoms in total. The lowest BCUT2D eigenvalue weighted by atomic mass is 10.2. The van der Waals surface area contributed by atoms with Gasteiger partial charge in [0.15, 0.2) is 0 Å². The van der Waals surface area contributed by atoms with E-state index in [1.807, 2.05) is 6.92 Å². The van der Waals surface area contributed by atoms with Gasteiger partial charge in [-0.1, -0.05) is 0 Å².